The van der Waals surface area contributed by atoms with Crippen molar-refractivity contribution in [2.24, 2.45) is 0 Å². The van der Waals surface area contributed by atoms with Crippen LogP contribution < -0.4 is 15.2 Å². The molecule has 0 aliphatic carbocycles. The van der Waals surface area contributed by atoms with Crippen LogP contribution in [0, 0.1) is 0 Å². The number of benzene rings is 1. The molecule has 1 unspecified atom stereocenters. The number of nitrogens with two attached hydrogens (primary N) is 1. The molecule has 1 atom stereocenters. The number of hydrogen-bond donors (Lipinski definition) is 4. The van der Waals surface area contributed by atoms with Crippen molar-refractivity contribution in [2.75, 3.05) is 18.8 Å². The van der Waals surface area contributed by atoms with Gasteiger partial charge in [-0.25, -0.2) is 4.72 Å². The van der Waals surface area contributed by atoms with E-state index in [-0.39, 0.29) is 6.54 Å². The first kappa shape index (κ1) is 14.9. The fourth-order valence-corrected chi connectivity index (χ4v) is 2.26. The van der Waals surface area contributed by atoms with Gasteiger partial charge in [-0.1, -0.05) is 19.1 Å². The fraction of sp³-hybridized carbons (Fsp3) is 0.455. The predicted octanol–water partition coefficient (Wildman–Crippen LogP) is 0.136. The lowest BCUT2D eigenvalue weighted by Crippen LogP contribution is -2.39. The third kappa shape index (κ3) is 5.01. The minimum Gasteiger partial charge on any atom is -0.399 e. The fourth-order valence-electron chi connectivity index (χ4n) is 1.31. The lowest BCUT2D eigenvalue weighted by molar-refractivity contribution is 0.182. The van der Waals surface area contributed by atoms with E-state index in [9.17, 15) is 13.5 Å². The van der Waals surface area contributed by atoms with Crippen LogP contribution in [-0.2, 0) is 10.2 Å². The van der Waals surface area contributed by atoms with Gasteiger partial charge in [0.25, 0.3) is 10.2 Å². The lowest BCUT2D eigenvalue weighted by atomic mass is 10.1. The largest absolute Gasteiger partial charge is 0.399 e. The van der Waals surface area contributed by atoms with Gasteiger partial charge in [-0.05, 0) is 24.1 Å². The standard InChI is InChI=1S/C11H19N3O3S/c1-2-7-13-18(16,17)14-8-11(15)9-3-5-10(12)6-4-9/h3-6,11,13-15H,2,7-8,12H2,1H3. The summed E-state index contributed by atoms with van der Waals surface area (Å²) in [4.78, 5) is 0. The Balaban J connectivity index is 2.50. The first-order valence-electron chi connectivity index (χ1n) is 5.72. The maximum Gasteiger partial charge on any atom is 0.277 e. The maximum absolute atomic E-state index is 11.4. The van der Waals surface area contributed by atoms with Gasteiger partial charge in [0.05, 0.1) is 6.10 Å². The molecule has 102 valence electrons. The van der Waals surface area contributed by atoms with Crippen LogP contribution in [0.5, 0.6) is 0 Å². The molecule has 1 rings (SSSR count). The van der Waals surface area contributed by atoms with E-state index in [0.29, 0.717) is 24.2 Å². The maximum atomic E-state index is 11.4. The molecular formula is C11H19N3O3S. The molecule has 0 saturated heterocycles. The second-order valence-corrected chi connectivity index (χ2v) is 5.51. The summed E-state index contributed by atoms with van der Waals surface area (Å²) in [6.45, 7) is 2.15. The van der Waals surface area contributed by atoms with E-state index in [1.807, 2.05) is 6.92 Å². The van der Waals surface area contributed by atoms with Crippen LogP contribution in [0.15, 0.2) is 24.3 Å². The van der Waals surface area contributed by atoms with Gasteiger partial charge in [0, 0.05) is 18.8 Å². The second kappa shape index (κ2) is 6.69. The number of nitrogens with one attached hydrogen (secondary N) is 2. The number of hydrogen-bond acceptors (Lipinski definition) is 4. The highest BCUT2D eigenvalue weighted by Crippen LogP contribution is 2.13. The van der Waals surface area contributed by atoms with Crippen molar-refractivity contribution in [3.8, 4) is 0 Å². The molecule has 6 nitrogen and oxygen atoms in total. The predicted molar refractivity (Wildman–Crippen MR) is 71.0 cm³/mol. The smallest absolute Gasteiger partial charge is 0.277 e. The first-order valence-corrected chi connectivity index (χ1v) is 7.20. The van der Waals surface area contributed by atoms with Crippen molar-refractivity contribution in [1.29, 1.82) is 0 Å². The van der Waals surface area contributed by atoms with Crippen LogP contribution >= 0.6 is 0 Å². The Labute approximate surface area is 107 Å². The van der Waals surface area contributed by atoms with E-state index in [2.05, 4.69) is 9.44 Å². The van der Waals surface area contributed by atoms with E-state index in [0.717, 1.165) is 0 Å². The van der Waals surface area contributed by atoms with Gasteiger partial charge in [0.1, 0.15) is 0 Å². The molecule has 5 N–H and O–H groups in total. The molecule has 18 heavy (non-hydrogen) atoms. The van der Waals surface area contributed by atoms with Gasteiger partial charge in [-0.3, -0.25) is 0 Å². The Morgan fingerprint density at radius 1 is 1.28 bits per heavy atom. The number of rotatable bonds is 7. The topological polar surface area (TPSA) is 104 Å². The first-order chi connectivity index (χ1) is 8.44. The lowest BCUT2D eigenvalue weighted by Gasteiger charge is -2.13. The number of aliphatic hydroxyl groups is 1. The summed E-state index contributed by atoms with van der Waals surface area (Å²) in [5.41, 5.74) is 6.73. The van der Waals surface area contributed by atoms with Crippen molar-refractivity contribution in [3.63, 3.8) is 0 Å². The van der Waals surface area contributed by atoms with E-state index >= 15 is 0 Å². The monoisotopic (exact) mass is 273 g/mol. The molecule has 0 saturated carbocycles. The summed E-state index contributed by atoms with van der Waals surface area (Å²) in [5, 5.41) is 9.80. The Hall–Kier alpha value is -1.15. The summed E-state index contributed by atoms with van der Waals surface area (Å²) < 4.78 is 27.5. The molecule has 0 spiro atoms. The molecule has 0 radical (unpaired) electrons. The quantitative estimate of drug-likeness (QED) is 0.530. The highest BCUT2D eigenvalue weighted by atomic mass is 32.2. The third-order valence-corrected chi connectivity index (χ3v) is 3.46. The SMILES string of the molecule is CCCNS(=O)(=O)NCC(O)c1ccc(N)cc1. The summed E-state index contributed by atoms with van der Waals surface area (Å²) in [6.07, 6.45) is -0.190. The molecule has 0 bridgehead atoms. The molecule has 7 heteroatoms. The van der Waals surface area contributed by atoms with Crippen molar-refractivity contribution in [3.05, 3.63) is 29.8 Å². The molecule has 1 aromatic carbocycles. The second-order valence-electron chi connectivity index (χ2n) is 3.93. The molecule has 0 aromatic heterocycles. The van der Waals surface area contributed by atoms with Crippen LogP contribution in [0.2, 0.25) is 0 Å². The minimum absolute atomic E-state index is 0.0804. The van der Waals surface area contributed by atoms with Crippen molar-refractivity contribution < 1.29 is 13.5 Å². The Morgan fingerprint density at radius 3 is 2.44 bits per heavy atom. The zero-order valence-electron chi connectivity index (χ0n) is 10.3. The molecule has 1 aromatic rings. The normalized spacial score (nSPS) is 13.4. The molecule has 0 aliphatic heterocycles. The van der Waals surface area contributed by atoms with Crippen LogP contribution in [-0.4, -0.2) is 26.6 Å². The van der Waals surface area contributed by atoms with E-state index in [4.69, 9.17) is 5.73 Å². The molecular weight excluding hydrogens is 254 g/mol. The third-order valence-electron chi connectivity index (χ3n) is 2.33. The number of aliphatic hydroxyl groups excluding tert-OH is 1. The van der Waals surface area contributed by atoms with Crippen molar-refractivity contribution >= 4 is 15.9 Å². The highest BCUT2D eigenvalue weighted by molar-refractivity contribution is 7.87. The average Bonchev–Trinajstić information content (AvgIpc) is 2.35. The van der Waals surface area contributed by atoms with Gasteiger partial charge >= 0.3 is 0 Å². The van der Waals surface area contributed by atoms with Gasteiger partial charge in [-0.2, -0.15) is 13.1 Å². The Bertz CT molecular complexity index is 459. The summed E-state index contributed by atoms with van der Waals surface area (Å²) in [7, 11) is -3.54. The van der Waals surface area contributed by atoms with E-state index in [1.54, 1.807) is 24.3 Å². The van der Waals surface area contributed by atoms with Crippen molar-refractivity contribution in [2.45, 2.75) is 19.4 Å². The van der Waals surface area contributed by atoms with Crippen LogP contribution in [0.1, 0.15) is 25.0 Å². The molecule has 0 amide bonds. The Morgan fingerprint density at radius 2 is 1.89 bits per heavy atom. The number of anilines is 1. The van der Waals surface area contributed by atoms with E-state index < -0.39 is 16.3 Å². The minimum atomic E-state index is -3.54. The van der Waals surface area contributed by atoms with Gasteiger partial charge < -0.3 is 10.8 Å². The van der Waals surface area contributed by atoms with Gasteiger partial charge in [0.2, 0.25) is 0 Å². The van der Waals surface area contributed by atoms with Gasteiger partial charge in [-0.15, -0.1) is 0 Å². The zero-order valence-corrected chi connectivity index (χ0v) is 11.1. The zero-order chi connectivity index (χ0) is 13.6. The molecule has 0 heterocycles. The van der Waals surface area contributed by atoms with Crippen LogP contribution in [0.4, 0.5) is 5.69 Å². The Kier molecular flexibility index (Phi) is 5.54. The molecule has 0 aliphatic rings. The van der Waals surface area contributed by atoms with Crippen LogP contribution in [0.25, 0.3) is 0 Å². The summed E-state index contributed by atoms with van der Waals surface area (Å²) >= 11 is 0. The molecule has 0 fully saturated rings. The van der Waals surface area contributed by atoms with Gasteiger partial charge in [0.15, 0.2) is 0 Å². The average molecular weight is 273 g/mol. The van der Waals surface area contributed by atoms with Crippen molar-refractivity contribution in [1.82, 2.24) is 9.44 Å². The number of nitrogen functional groups attached to an aromatic ring is 1. The summed E-state index contributed by atoms with van der Waals surface area (Å²) in [6, 6.07) is 6.63. The van der Waals surface area contributed by atoms with Crippen LogP contribution in [0.3, 0.4) is 0 Å². The highest BCUT2D eigenvalue weighted by Gasteiger charge is 2.13. The van der Waals surface area contributed by atoms with E-state index in [1.165, 1.54) is 0 Å². The summed E-state index contributed by atoms with van der Waals surface area (Å²) in [5.74, 6) is 0.